The molecule has 0 radical (unpaired) electrons. The summed E-state index contributed by atoms with van der Waals surface area (Å²) in [6, 6.07) is 12.9. The molecule has 0 spiro atoms. The van der Waals surface area contributed by atoms with Crippen LogP contribution >= 0.6 is 0 Å². The predicted molar refractivity (Wildman–Crippen MR) is 109 cm³/mol. The molecule has 0 bridgehead atoms. The summed E-state index contributed by atoms with van der Waals surface area (Å²) in [7, 11) is 0. The standard InChI is InChI=1S/C23H24N2O5/c1-13(2)12-17-18(14-8-10-16(26)11-9-14)23(30)25(22(17)29)19(20(27)21(24)28)15-6-4-3-5-7-15/h3-11,13,17-19,26H,12H2,1-2H3,(H2,24,28). The number of aromatic hydroxyl groups is 1. The number of rotatable bonds is 7. The van der Waals surface area contributed by atoms with Crippen molar-refractivity contribution in [2.75, 3.05) is 0 Å². The minimum absolute atomic E-state index is 0.0406. The van der Waals surface area contributed by atoms with E-state index >= 15 is 0 Å². The molecular weight excluding hydrogens is 384 g/mol. The lowest BCUT2D eigenvalue weighted by Gasteiger charge is -2.25. The smallest absolute Gasteiger partial charge is 0.287 e. The average molecular weight is 408 g/mol. The van der Waals surface area contributed by atoms with E-state index in [1.807, 2.05) is 13.8 Å². The Balaban J connectivity index is 2.11. The molecule has 1 heterocycles. The minimum Gasteiger partial charge on any atom is -0.508 e. The second kappa shape index (κ2) is 8.49. The molecule has 3 rings (SSSR count). The van der Waals surface area contributed by atoms with Crippen molar-refractivity contribution in [3.8, 4) is 5.75 Å². The van der Waals surface area contributed by atoms with Crippen LogP contribution in [0.5, 0.6) is 5.75 Å². The maximum absolute atomic E-state index is 13.5. The molecule has 0 aromatic heterocycles. The normalized spacial score (nSPS) is 19.9. The van der Waals surface area contributed by atoms with Crippen LogP contribution in [0.15, 0.2) is 54.6 Å². The third kappa shape index (κ3) is 3.96. The van der Waals surface area contributed by atoms with Crippen molar-refractivity contribution >= 4 is 23.5 Å². The average Bonchev–Trinajstić information content (AvgIpc) is 2.94. The quantitative estimate of drug-likeness (QED) is 0.538. The number of primary amides is 1. The molecule has 1 aliphatic rings. The number of Topliss-reactive ketones (excluding diaryl/α,β-unsaturated/α-hetero) is 1. The Morgan fingerprint density at radius 1 is 1.00 bits per heavy atom. The van der Waals surface area contributed by atoms with Gasteiger partial charge in [-0.15, -0.1) is 0 Å². The van der Waals surface area contributed by atoms with Gasteiger partial charge >= 0.3 is 0 Å². The molecule has 1 fully saturated rings. The Labute approximate surface area is 174 Å². The van der Waals surface area contributed by atoms with Gasteiger partial charge in [-0.3, -0.25) is 24.1 Å². The van der Waals surface area contributed by atoms with E-state index in [2.05, 4.69) is 0 Å². The van der Waals surface area contributed by atoms with Crippen molar-refractivity contribution in [3.63, 3.8) is 0 Å². The van der Waals surface area contributed by atoms with Crippen molar-refractivity contribution < 1.29 is 24.3 Å². The Bertz CT molecular complexity index is 969. The summed E-state index contributed by atoms with van der Waals surface area (Å²) in [5, 5.41) is 9.59. The zero-order valence-electron chi connectivity index (χ0n) is 16.8. The van der Waals surface area contributed by atoms with E-state index in [4.69, 9.17) is 5.73 Å². The van der Waals surface area contributed by atoms with Gasteiger partial charge in [0.1, 0.15) is 11.8 Å². The van der Waals surface area contributed by atoms with E-state index in [-0.39, 0.29) is 11.7 Å². The van der Waals surface area contributed by atoms with Crippen LogP contribution in [0.1, 0.15) is 43.4 Å². The number of phenolic OH excluding ortho intramolecular Hbond substituents is 1. The van der Waals surface area contributed by atoms with Crippen LogP contribution in [-0.2, 0) is 19.2 Å². The molecule has 2 aromatic carbocycles. The van der Waals surface area contributed by atoms with Crippen LogP contribution in [0.25, 0.3) is 0 Å². The monoisotopic (exact) mass is 408 g/mol. The molecule has 0 saturated carbocycles. The Kier molecular flexibility index (Phi) is 6.01. The Morgan fingerprint density at radius 3 is 2.13 bits per heavy atom. The predicted octanol–water partition coefficient (Wildman–Crippen LogP) is 2.30. The van der Waals surface area contributed by atoms with Crippen LogP contribution in [-0.4, -0.2) is 33.5 Å². The topological polar surface area (TPSA) is 118 Å². The van der Waals surface area contributed by atoms with Gasteiger partial charge in [0, 0.05) is 0 Å². The van der Waals surface area contributed by atoms with Crippen molar-refractivity contribution in [2.45, 2.75) is 32.2 Å². The summed E-state index contributed by atoms with van der Waals surface area (Å²) in [6.07, 6.45) is 0.429. The molecular formula is C23H24N2O5. The summed E-state index contributed by atoms with van der Waals surface area (Å²) >= 11 is 0. The van der Waals surface area contributed by atoms with Crippen LogP contribution in [0.3, 0.4) is 0 Å². The van der Waals surface area contributed by atoms with Crippen LogP contribution < -0.4 is 5.73 Å². The first kappa shape index (κ1) is 21.2. The first-order chi connectivity index (χ1) is 14.2. The van der Waals surface area contributed by atoms with Gasteiger partial charge in [0.05, 0.1) is 11.8 Å². The molecule has 7 nitrogen and oxygen atoms in total. The van der Waals surface area contributed by atoms with Crippen molar-refractivity contribution in [3.05, 3.63) is 65.7 Å². The number of carbonyl (C=O) groups excluding carboxylic acids is 4. The zero-order valence-corrected chi connectivity index (χ0v) is 16.8. The van der Waals surface area contributed by atoms with Crippen molar-refractivity contribution in [2.24, 2.45) is 17.6 Å². The molecule has 1 aliphatic heterocycles. The summed E-state index contributed by atoms with van der Waals surface area (Å²) < 4.78 is 0. The van der Waals surface area contributed by atoms with Gasteiger partial charge in [-0.05, 0) is 35.6 Å². The Hall–Kier alpha value is -3.48. The second-order valence-electron chi connectivity index (χ2n) is 7.89. The number of amides is 3. The summed E-state index contributed by atoms with van der Waals surface area (Å²) in [5.41, 5.74) is 6.16. The number of ketones is 1. The fraction of sp³-hybridized carbons (Fsp3) is 0.304. The van der Waals surface area contributed by atoms with Crippen molar-refractivity contribution in [1.29, 1.82) is 0 Å². The van der Waals surface area contributed by atoms with E-state index in [1.165, 1.54) is 12.1 Å². The fourth-order valence-electron chi connectivity index (χ4n) is 4.00. The van der Waals surface area contributed by atoms with Gasteiger partial charge in [0.15, 0.2) is 0 Å². The van der Waals surface area contributed by atoms with Crippen LogP contribution in [0.4, 0.5) is 0 Å². The number of hydrogen-bond acceptors (Lipinski definition) is 5. The van der Waals surface area contributed by atoms with E-state index in [0.717, 1.165) is 4.90 Å². The van der Waals surface area contributed by atoms with E-state index < -0.39 is 41.4 Å². The SMILES string of the molecule is CC(C)CC1C(=O)N(C(C(=O)C(N)=O)c2ccccc2)C(=O)C1c1ccc(O)cc1. The van der Waals surface area contributed by atoms with Crippen LogP contribution in [0, 0.1) is 11.8 Å². The third-order valence-electron chi connectivity index (χ3n) is 5.30. The highest BCUT2D eigenvalue weighted by molar-refractivity contribution is 6.38. The number of carbonyl (C=O) groups is 4. The molecule has 156 valence electrons. The maximum Gasteiger partial charge on any atom is 0.287 e. The lowest BCUT2D eigenvalue weighted by Crippen LogP contribution is -2.43. The molecule has 3 amide bonds. The molecule has 3 atom stereocenters. The largest absolute Gasteiger partial charge is 0.508 e. The molecule has 0 aliphatic carbocycles. The number of benzene rings is 2. The van der Waals surface area contributed by atoms with Gasteiger partial charge in [-0.2, -0.15) is 0 Å². The minimum atomic E-state index is -1.40. The highest BCUT2D eigenvalue weighted by Gasteiger charge is 2.52. The van der Waals surface area contributed by atoms with E-state index in [9.17, 15) is 24.3 Å². The third-order valence-corrected chi connectivity index (χ3v) is 5.30. The lowest BCUT2D eigenvalue weighted by molar-refractivity contribution is -0.149. The number of nitrogens with two attached hydrogens (primary N) is 1. The van der Waals surface area contributed by atoms with Gasteiger partial charge in [0.2, 0.25) is 17.6 Å². The zero-order chi connectivity index (χ0) is 22.0. The lowest BCUT2D eigenvalue weighted by atomic mass is 9.83. The van der Waals surface area contributed by atoms with E-state index in [0.29, 0.717) is 17.5 Å². The highest BCUT2D eigenvalue weighted by Crippen LogP contribution is 2.42. The van der Waals surface area contributed by atoms with Crippen LogP contribution in [0.2, 0.25) is 0 Å². The molecule has 2 aromatic rings. The molecule has 30 heavy (non-hydrogen) atoms. The van der Waals surface area contributed by atoms with Gasteiger partial charge in [-0.25, -0.2) is 0 Å². The molecule has 3 N–H and O–H groups in total. The fourth-order valence-corrected chi connectivity index (χ4v) is 4.00. The van der Waals surface area contributed by atoms with Crippen molar-refractivity contribution in [1.82, 2.24) is 4.90 Å². The number of imide groups is 1. The molecule has 7 heteroatoms. The number of nitrogens with zero attached hydrogens (tertiary/aromatic N) is 1. The maximum atomic E-state index is 13.5. The number of phenols is 1. The number of likely N-dealkylation sites (tertiary alicyclic amines) is 1. The number of hydrogen-bond donors (Lipinski definition) is 2. The van der Waals surface area contributed by atoms with Gasteiger partial charge < -0.3 is 10.8 Å². The molecule has 1 saturated heterocycles. The highest BCUT2D eigenvalue weighted by atomic mass is 16.3. The Morgan fingerprint density at radius 2 is 1.60 bits per heavy atom. The van der Waals surface area contributed by atoms with Gasteiger partial charge in [0.25, 0.3) is 5.91 Å². The second-order valence-corrected chi connectivity index (χ2v) is 7.89. The first-order valence-corrected chi connectivity index (χ1v) is 9.76. The summed E-state index contributed by atoms with van der Waals surface area (Å²) in [4.78, 5) is 52.2. The van der Waals surface area contributed by atoms with Gasteiger partial charge in [-0.1, -0.05) is 56.3 Å². The van der Waals surface area contributed by atoms with E-state index in [1.54, 1.807) is 42.5 Å². The summed E-state index contributed by atoms with van der Waals surface area (Å²) in [6.45, 7) is 3.88. The first-order valence-electron chi connectivity index (χ1n) is 9.76. The molecule has 3 unspecified atom stereocenters. The summed E-state index contributed by atoms with van der Waals surface area (Å²) in [5.74, 6) is -4.63.